The van der Waals surface area contributed by atoms with E-state index < -0.39 is 12.0 Å². The molecule has 18 heavy (non-hydrogen) atoms. The highest BCUT2D eigenvalue weighted by molar-refractivity contribution is 5.75. The monoisotopic (exact) mass is 254 g/mol. The Morgan fingerprint density at radius 1 is 1.56 bits per heavy atom. The minimum atomic E-state index is -0.939. The minimum absolute atomic E-state index is 0.0979. The summed E-state index contributed by atoms with van der Waals surface area (Å²) in [5, 5.41) is 17.8. The van der Waals surface area contributed by atoms with Gasteiger partial charge in [0.05, 0.1) is 12.6 Å². The summed E-state index contributed by atoms with van der Waals surface area (Å²) in [4.78, 5) is 21.9. The van der Waals surface area contributed by atoms with Gasteiger partial charge in [0.25, 0.3) is 0 Å². The lowest BCUT2D eigenvalue weighted by atomic mass is 10.2. The van der Waals surface area contributed by atoms with Gasteiger partial charge in [0.1, 0.15) is 0 Å². The summed E-state index contributed by atoms with van der Waals surface area (Å²) < 4.78 is 1.72. The summed E-state index contributed by atoms with van der Waals surface area (Å²) in [6.07, 6.45) is 1.59. The molecule has 0 spiro atoms. The zero-order valence-corrected chi connectivity index (χ0v) is 10.7. The van der Waals surface area contributed by atoms with Crippen molar-refractivity contribution in [2.24, 2.45) is 7.05 Å². The molecule has 1 aromatic rings. The molecule has 0 aromatic carbocycles. The van der Waals surface area contributed by atoms with Crippen LogP contribution in [0.4, 0.5) is 4.79 Å². The predicted octanol–water partition coefficient (Wildman–Crippen LogP) is 0.391. The molecular formula is C11H18N4O3. The fourth-order valence-electron chi connectivity index (χ4n) is 1.48. The van der Waals surface area contributed by atoms with Gasteiger partial charge in [0.15, 0.2) is 0 Å². The van der Waals surface area contributed by atoms with E-state index in [1.54, 1.807) is 17.8 Å². The maximum Gasteiger partial charge on any atom is 0.315 e. The van der Waals surface area contributed by atoms with Crippen LogP contribution in [0.25, 0.3) is 0 Å². The molecule has 1 heterocycles. The molecule has 100 valence electrons. The Balaban J connectivity index is 2.37. The summed E-state index contributed by atoms with van der Waals surface area (Å²) in [5.41, 5.74) is 1.91. The second-order valence-corrected chi connectivity index (χ2v) is 4.20. The molecule has 7 nitrogen and oxygen atoms in total. The van der Waals surface area contributed by atoms with Crippen molar-refractivity contribution in [1.29, 1.82) is 0 Å². The zero-order chi connectivity index (χ0) is 13.7. The third kappa shape index (κ3) is 4.08. The first-order valence-corrected chi connectivity index (χ1v) is 5.63. The maximum absolute atomic E-state index is 11.5. The van der Waals surface area contributed by atoms with Crippen LogP contribution in [0, 0.1) is 6.92 Å². The summed E-state index contributed by atoms with van der Waals surface area (Å²) in [6.45, 7) is 3.92. The third-order valence-electron chi connectivity index (χ3n) is 2.63. The molecule has 0 aliphatic carbocycles. The van der Waals surface area contributed by atoms with Crippen molar-refractivity contribution < 1.29 is 14.7 Å². The van der Waals surface area contributed by atoms with Gasteiger partial charge in [0.2, 0.25) is 0 Å². The van der Waals surface area contributed by atoms with Crippen LogP contribution in [-0.2, 0) is 18.4 Å². The number of aliphatic carboxylic acids is 1. The van der Waals surface area contributed by atoms with Gasteiger partial charge in [-0.15, -0.1) is 0 Å². The SMILES string of the molecule is Cc1c(CNC(=O)NC(C)CC(=O)O)cnn1C. The van der Waals surface area contributed by atoms with Gasteiger partial charge in [-0.05, 0) is 13.8 Å². The topological polar surface area (TPSA) is 96.2 Å². The number of aryl methyl sites for hydroxylation is 1. The molecule has 1 atom stereocenters. The molecule has 0 saturated heterocycles. The largest absolute Gasteiger partial charge is 0.481 e. The summed E-state index contributed by atoms with van der Waals surface area (Å²) in [6, 6.07) is -0.788. The number of nitrogens with zero attached hydrogens (tertiary/aromatic N) is 2. The average molecular weight is 254 g/mol. The Hall–Kier alpha value is -2.05. The lowest BCUT2D eigenvalue weighted by molar-refractivity contribution is -0.137. The number of carbonyl (C=O) groups excluding carboxylic acids is 1. The number of hydrogen-bond donors (Lipinski definition) is 3. The first-order valence-electron chi connectivity index (χ1n) is 5.63. The predicted molar refractivity (Wildman–Crippen MR) is 65.0 cm³/mol. The number of carboxylic acid groups (broad SMARTS) is 1. The fraction of sp³-hybridized carbons (Fsp3) is 0.545. The molecule has 1 unspecified atom stereocenters. The molecule has 0 saturated carbocycles. The number of aromatic nitrogens is 2. The first kappa shape index (κ1) is 14.0. The Labute approximate surface area is 105 Å². The Morgan fingerprint density at radius 3 is 2.72 bits per heavy atom. The van der Waals surface area contributed by atoms with Crippen molar-refractivity contribution in [2.45, 2.75) is 32.9 Å². The van der Waals surface area contributed by atoms with Crippen LogP contribution in [0.1, 0.15) is 24.6 Å². The van der Waals surface area contributed by atoms with Crippen LogP contribution in [0.2, 0.25) is 0 Å². The van der Waals surface area contributed by atoms with E-state index in [1.807, 2.05) is 14.0 Å². The highest BCUT2D eigenvalue weighted by Crippen LogP contribution is 2.04. The Kier molecular flexibility index (Phi) is 4.70. The molecule has 0 bridgehead atoms. The summed E-state index contributed by atoms with van der Waals surface area (Å²) in [7, 11) is 1.83. The lowest BCUT2D eigenvalue weighted by Gasteiger charge is -2.12. The van der Waals surface area contributed by atoms with Crippen LogP contribution < -0.4 is 10.6 Å². The molecule has 1 aromatic heterocycles. The van der Waals surface area contributed by atoms with Crippen LogP contribution >= 0.6 is 0 Å². The highest BCUT2D eigenvalue weighted by Gasteiger charge is 2.11. The van der Waals surface area contributed by atoms with Crippen molar-refractivity contribution >= 4 is 12.0 Å². The van der Waals surface area contributed by atoms with E-state index in [0.717, 1.165) is 11.3 Å². The number of rotatable bonds is 5. The second kappa shape index (κ2) is 6.04. The number of carbonyl (C=O) groups is 2. The van der Waals surface area contributed by atoms with E-state index >= 15 is 0 Å². The fourth-order valence-corrected chi connectivity index (χ4v) is 1.48. The van der Waals surface area contributed by atoms with Crippen LogP contribution in [0.15, 0.2) is 6.20 Å². The second-order valence-electron chi connectivity index (χ2n) is 4.20. The van der Waals surface area contributed by atoms with Crippen molar-refractivity contribution in [2.75, 3.05) is 0 Å². The van der Waals surface area contributed by atoms with E-state index in [9.17, 15) is 9.59 Å². The van der Waals surface area contributed by atoms with Gasteiger partial charge in [-0.25, -0.2) is 4.79 Å². The number of nitrogens with one attached hydrogen (secondary N) is 2. The number of urea groups is 1. The molecule has 2 amide bonds. The third-order valence-corrected chi connectivity index (χ3v) is 2.63. The molecule has 3 N–H and O–H groups in total. The van der Waals surface area contributed by atoms with Gasteiger partial charge in [-0.1, -0.05) is 0 Å². The lowest BCUT2D eigenvalue weighted by Crippen LogP contribution is -2.41. The summed E-state index contributed by atoms with van der Waals surface area (Å²) >= 11 is 0. The number of amides is 2. The van der Waals surface area contributed by atoms with Gasteiger partial charge < -0.3 is 15.7 Å². The van der Waals surface area contributed by atoms with Crippen molar-refractivity contribution in [3.05, 3.63) is 17.5 Å². The molecule has 0 radical (unpaired) electrons. The molecular weight excluding hydrogens is 236 g/mol. The minimum Gasteiger partial charge on any atom is -0.481 e. The molecule has 0 aliphatic rings. The van der Waals surface area contributed by atoms with E-state index in [4.69, 9.17) is 5.11 Å². The van der Waals surface area contributed by atoms with Crippen LogP contribution in [0.5, 0.6) is 0 Å². The van der Waals surface area contributed by atoms with E-state index in [-0.39, 0.29) is 12.5 Å². The normalized spacial score (nSPS) is 11.9. The zero-order valence-electron chi connectivity index (χ0n) is 10.7. The van der Waals surface area contributed by atoms with Gasteiger partial charge in [-0.3, -0.25) is 9.48 Å². The first-order chi connectivity index (χ1) is 8.40. The molecule has 0 aliphatic heterocycles. The number of carboxylic acids is 1. The van der Waals surface area contributed by atoms with Gasteiger partial charge in [-0.2, -0.15) is 5.10 Å². The van der Waals surface area contributed by atoms with Gasteiger partial charge >= 0.3 is 12.0 Å². The van der Waals surface area contributed by atoms with Crippen molar-refractivity contribution in [3.63, 3.8) is 0 Å². The quantitative estimate of drug-likeness (QED) is 0.708. The van der Waals surface area contributed by atoms with E-state index in [1.165, 1.54) is 0 Å². The van der Waals surface area contributed by atoms with Crippen molar-refractivity contribution in [3.8, 4) is 0 Å². The Bertz CT molecular complexity index is 441. The average Bonchev–Trinajstić information content (AvgIpc) is 2.56. The van der Waals surface area contributed by atoms with Crippen molar-refractivity contribution in [1.82, 2.24) is 20.4 Å². The summed E-state index contributed by atoms with van der Waals surface area (Å²) in [5.74, 6) is -0.939. The van der Waals surface area contributed by atoms with Crippen LogP contribution in [-0.4, -0.2) is 32.9 Å². The number of hydrogen-bond acceptors (Lipinski definition) is 3. The standard InChI is InChI=1S/C11H18N4O3/c1-7(4-10(16)17)14-11(18)12-5-9-6-13-15(3)8(9)2/h6-7H,4-5H2,1-3H3,(H,16,17)(H2,12,14,18). The smallest absolute Gasteiger partial charge is 0.315 e. The van der Waals surface area contributed by atoms with E-state index in [2.05, 4.69) is 15.7 Å². The van der Waals surface area contributed by atoms with Gasteiger partial charge in [0, 0.05) is 30.9 Å². The molecule has 1 rings (SSSR count). The molecule has 0 fully saturated rings. The van der Waals surface area contributed by atoms with Crippen LogP contribution in [0.3, 0.4) is 0 Å². The molecule has 7 heteroatoms. The maximum atomic E-state index is 11.5. The Morgan fingerprint density at radius 2 is 2.22 bits per heavy atom. The van der Waals surface area contributed by atoms with E-state index in [0.29, 0.717) is 6.54 Å². The highest BCUT2D eigenvalue weighted by atomic mass is 16.4.